The van der Waals surface area contributed by atoms with Crippen molar-refractivity contribution in [2.75, 3.05) is 24.7 Å². The van der Waals surface area contributed by atoms with Crippen LogP contribution in [0.5, 0.6) is 0 Å². The maximum atomic E-state index is 12.9. The number of anilines is 1. The predicted molar refractivity (Wildman–Crippen MR) is 119 cm³/mol. The van der Waals surface area contributed by atoms with Crippen LogP contribution in [-0.2, 0) is 14.3 Å². The van der Waals surface area contributed by atoms with Gasteiger partial charge in [0.15, 0.2) is 4.34 Å². The van der Waals surface area contributed by atoms with Crippen LogP contribution < -0.4 is 5.32 Å². The number of ether oxygens (including phenoxy) is 1. The smallest absolute Gasteiger partial charge is 0.316 e. The van der Waals surface area contributed by atoms with Crippen LogP contribution in [0.1, 0.15) is 22.5 Å². The Balaban J connectivity index is 1.44. The van der Waals surface area contributed by atoms with Gasteiger partial charge < -0.3 is 15.0 Å². The first kappa shape index (κ1) is 20.8. The van der Waals surface area contributed by atoms with E-state index in [0.717, 1.165) is 21.0 Å². The third-order valence-corrected chi connectivity index (χ3v) is 7.72. The Kier molecular flexibility index (Phi) is 6.35. The molecule has 0 spiro atoms. The van der Waals surface area contributed by atoms with E-state index in [2.05, 4.69) is 15.0 Å². The lowest BCUT2D eigenvalue weighted by Gasteiger charge is -2.23. The number of carbonyl (C=O) groups excluding carboxylic acids is 3. The second-order valence-electron chi connectivity index (χ2n) is 6.65. The summed E-state index contributed by atoms with van der Waals surface area (Å²) in [5.74, 6) is -0.366. The normalized spacial score (nSPS) is 16.0. The minimum absolute atomic E-state index is 0.0900. The number of fused-ring (bicyclic) bond motifs is 1. The molecule has 1 N–H and O–H groups in total. The van der Waals surface area contributed by atoms with Crippen molar-refractivity contribution < 1.29 is 19.1 Å². The standard InChI is InChI=1S/C20H19N3O4S3/c1-27-17(24)11-29-20-22-13-7-6-12(10-16(13)30-20)21-18(25)14-4-2-8-23(14)19(26)15-5-3-9-28-15/h3,5-7,9-10,14H,2,4,8,11H2,1H3,(H,21,25). The first-order chi connectivity index (χ1) is 14.5. The molecule has 4 rings (SSSR count). The summed E-state index contributed by atoms with van der Waals surface area (Å²) in [6.45, 7) is 0.587. The lowest BCUT2D eigenvalue weighted by atomic mass is 10.2. The van der Waals surface area contributed by atoms with E-state index >= 15 is 0 Å². The summed E-state index contributed by atoms with van der Waals surface area (Å²) in [4.78, 5) is 43.7. The van der Waals surface area contributed by atoms with Gasteiger partial charge in [0.25, 0.3) is 5.91 Å². The largest absolute Gasteiger partial charge is 0.468 e. The van der Waals surface area contributed by atoms with Crippen molar-refractivity contribution in [2.45, 2.75) is 23.2 Å². The molecular weight excluding hydrogens is 442 g/mol. The maximum Gasteiger partial charge on any atom is 0.316 e. The Labute approximate surface area is 185 Å². The number of amides is 2. The highest BCUT2D eigenvalue weighted by molar-refractivity contribution is 8.01. The molecule has 1 unspecified atom stereocenters. The minimum Gasteiger partial charge on any atom is -0.468 e. The van der Waals surface area contributed by atoms with Crippen LogP contribution in [0.25, 0.3) is 10.2 Å². The van der Waals surface area contributed by atoms with Crippen molar-refractivity contribution in [2.24, 2.45) is 0 Å². The fourth-order valence-corrected chi connectivity index (χ4v) is 5.89. The Morgan fingerprint density at radius 1 is 1.33 bits per heavy atom. The molecule has 1 atom stereocenters. The molecule has 2 amide bonds. The summed E-state index contributed by atoms with van der Waals surface area (Å²) >= 11 is 4.17. The number of likely N-dealkylation sites (tertiary alicyclic amines) is 1. The van der Waals surface area contributed by atoms with Gasteiger partial charge in [-0.2, -0.15) is 0 Å². The van der Waals surface area contributed by atoms with Gasteiger partial charge in [0.1, 0.15) is 6.04 Å². The molecule has 3 aromatic rings. The number of hydrogen-bond acceptors (Lipinski definition) is 8. The molecule has 1 fully saturated rings. The molecule has 156 valence electrons. The summed E-state index contributed by atoms with van der Waals surface area (Å²) < 4.78 is 6.33. The van der Waals surface area contributed by atoms with Crippen LogP contribution in [0, 0.1) is 0 Å². The first-order valence-corrected chi connectivity index (χ1v) is 12.0. The van der Waals surface area contributed by atoms with Crippen molar-refractivity contribution in [1.82, 2.24) is 9.88 Å². The molecule has 30 heavy (non-hydrogen) atoms. The summed E-state index contributed by atoms with van der Waals surface area (Å²) in [6.07, 6.45) is 1.46. The van der Waals surface area contributed by atoms with Crippen molar-refractivity contribution in [1.29, 1.82) is 0 Å². The lowest BCUT2D eigenvalue weighted by Crippen LogP contribution is -2.42. The Morgan fingerprint density at radius 2 is 2.20 bits per heavy atom. The van der Waals surface area contributed by atoms with E-state index in [0.29, 0.717) is 23.5 Å². The van der Waals surface area contributed by atoms with Crippen molar-refractivity contribution >= 4 is 68.1 Å². The zero-order valence-electron chi connectivity index (χ0n) is 16.1. The molecule has 10 heteroatoms. The zero-order valence-corrected chi connectivity index (χ0v) is 18.6. The van der Waals surface area contributed by atoms with Gasteiger partial charge in [-0.05, 0) is 42.5 Å². The number of esters is 1. The Morgan fingerprint density at radius 3 is 2.97 bits per heavy atom. The van der Waals surface area contributed by atoms with Gasteiger partial charge in [0.05, 0.1) is 28.0 Å². The highest BCUT2D eigenvalue weighted by Gasteiger charge is 2.34. The molecule has 0 aliphatic carbocycles. The van der Waals surface area contributed by atoms with Crippen LogP contribution in [0.4, 0.5) is 5.69 Å². The van der Waals surface area contributed by atoms with Crippen molar-refractivity contribution in [3.63, 3.8) is 0 Å². The number of thiophene rings is 1. The number of nitrogens with one attached hydrogen (secondary N) is 1. The van der Waals surface area contributed by atoms with E-state index in [1.165, 1.54) is 41.5 Å². The van der Waals surface area contributed by atoms with Gasteiger partial charge in [-0.25, -0.2) is 4.98 Å². The number of benzene rings is 1. The van der Waals surface area contributed by atoms with E-state index in [1.807, 2.05) is 23.6 Å². The first-order valence-electron chi connectivity index (χ1n) is 9.30. The molecular formula is C20H19N3O4S3. The third kappa shape index (κ3) is 4.50. The molecule has 0 bridgehead atoms. The highest BCUT2D eigenvalue weighted by atomic mass is 32.2. The van der Waals surface area contributed by atoms with E-state index in [-0.39, 0.29) is 23.5 Å². The number of aromatic nitrogens is 1. The average Bonchev–Trinajstić information content (AvgIpc) is 3.51. The molecule has 0 saturated carbocycles. The van der Waals surface area contributed by atoms with Gasteiger partial charge in [-0.3, -0.25) is 14.4 Å². The third-order valence-electron chi connectivity index (χ3n) is 4.73. The number of methoxy groups -OCH3 is 1. The summed E-state index contributed by atoms with van der Waals surface area (Å²) in [5, 5.41) is 4.80. The maximum absolute atomic E-state index is 12.9. The van der Waals surface area contributed by atoms with Crippen LogP contribution in [-0.4, -0.2) is 53.1 Å². The van der Waals surface area contributed by atoms with Crippen molar-refractivity contribution in [3.05, 3.63) is 40.6 Å². The fourth-order valence-electron chi connectivity index (χ4n) is 3.27. The lowest BCUT2D eigenvalue weighted by molar-refractivity contribution is -0.137. The zero-order chi connectivity index (χ0) is 21.1. The van der Waals surface area contributed by atoms with Gasteiger partial charge in [0.2, 0.25) is 5.91 Å². The quantitative estimate of drug-likeness (QED) is 0.443. The number of rotatable bonds is 6. The monoisotopic (exact) mass is 461 g/mol. The second-order valence-corrected chi connectivity index (χ2v) is 9.85. The second kappa shape index (κ2) is 9.15. The minimum atomic E-state index is -0.470. The number of carbonyl (C=O) groups is 3. The van der Waals surface area contributed by atoms with Crippen LogP contribution in [0.2, 0.25) is 0 Å². The van der Waals surface area contributed by atoms with Gasteiger partial charge in [-0.15, -0.1) is 22.7 Å². The number of thioether (sulfide) groups is 1. The summed E-state index contributed by atoms with van der Waals surface area (Å²) in [6, 6.07) is 8.66. The number of thiazole rings is 1. The number of nitrogens with zero attached hydrogens (tertiary/aromatic N) is 2. The molecule has 1 aliphatic rings. The Bertz CT molecular complexity index is 1080. The molecule has 1 aromatic carbocycles. The van der Waals surface area contributed by atoms with E-state index in [1.54, 1.807) is 17.0 Å². The van der Waals surface area contributed by atoms with Gasteiger partial charge >= 0.3 is 5.97 Å². The van der Waals surface area contributed by atoms with Crippen LogP contribution in [0.15, 0.2) is 40.1 Å². The predicted octanol–water partition coefficient (Wildman–Crippen LogP) is 3.87. The summed E-state index contributed by atoms with van der Waals surface area (Å²) in [7, 11) is 1.36. The van der Waals surface area contributed by atoms with Crippen LogP contribution in [0.3, 0.4) is 0 Å². The topological polar surface area (TPSA) is 88.6 Å². The molecule has 0 radical (unpaired) electrons. The number of hydrogen-bond donors (Lipinski definition) is 1. The van der Waals surface area contributed by atoms with Crippen molar-refractivity contribution in [3.8, 4) is 0 Å². The Hall–Kier alpha value is -2.43. The molecule has 1 aliphatic heterocycles. The van der Waals surface area contributed by atoms with Crippen LogP contribution >= 0.6 is 34.4 Å². The molecule has 3 heterocycles. The highest BCUT2D eigenvalue weighted by Crippen LogP contribution is 2.31. The van der Waals surface area contributed by atoms with E-state index < -0.39 is 6.04 Å². The van der Waals surface area contributed by atoms with Gasteiger partial charge in [0, 0.05) is 12.2 Å². The average molecular weight is 462 g/mol. The summed E-state index contributed by atoms with van der Waals surface area (Å²) in [5.41, 5.74) is 1.47. The fraction of sp³-hybridized carbons (Fsp3) is 0.300. The SMILES string of the molecule is COC(=O)CSc1nc2ccc(NC(=O)C3CCCN3C(=O)c3cccs3)cc2s1. The van der Waals surface area contributed by atoms with E-state index in [9.17, 15) is 14.4 Å². The molecule has 7 nitrogen and oxygen atoms in total. The van der Waals surface area contributed by atoms with E-state index in [4.69, 9.17) is 0 Å². The molecule has 2 aromatic heterocycles. The molecule has 1 saturated heterocycles. The van der Waals surface area contributed by atoms with Gasteiger partial charge in [-0.1, -0.05) is 17.8 Å².